The average Bonchev–Trinajstić information content (AvgIpc) is 3.06. The number of hydrogen-bond acceptors (Lipinski definition) is 7. The van der Waals surface area contributed by atoms with Gasteiger partial charge in [-0.25, -0.2) is 19.5 Å². The van der Waals surface area contributed by atoms with Crippen LogP contribution in [-0.2, 0) is 6.54 Å². The molecule has 8 nitrogen and oxygen atoms in total. The van der Waals surface area contributed by atoms with Crippen LogP contribution in [0.3, 0.4) is 0 Å². The van der Waals surface area contributed by atoms with E-state index < -0.39 is 0 Å². The molecule has 0 radical (unpaired) electrons. The van der Waals surface area contributed by atoms with Gasteiger partial charge < -0.3 is 16.4 Å². The van der Waals surface area contributed by atoms with Gasteiger partial charge in [0, 0.05) is 12.3 Å². The molecule has 1 aromatic carbocycles. The first kappa shape index (κ1) is 16.2. The summed E-state index contributed by atoms with van der Waals surface area (Å²) < 4.78 is 1.75. The second-order valence-corrected chi connectivity index (χ2v) is 6.66. The fourth-order valence-electron chi connectivity index (χ4n) is 3.52. The fraction of sp³-hybridized carbons (Fsp3) is 0.100. The van der Waals surface area contributed by atoms with Gasteiger partial charge in [0.15, 0.2) is 11.5 Å². The summed E-state index contributed by atoms with van der Waals surface area (Å²) in [4.78, 5) is 15.5. The molecule has 4 aromatic rings. The largest absolute Gasteiger partial charge is 0.385 e. The smallest absolute Gasteiger partial charge is 0.165 e. The van der Waals surface area contributed by atoms with E-state index in [-0.39, 0.29) is 0 Å². The summed E-state index contributed by atoms with van der Waals surface area (Å²) in [6, 6.07) is 13.6. The van der Waals surface area contributed by atoms with Crippen LogP contribution in [0.4, 0.5) is 11.6 Å². The number of nitrogens with two attached hydrogens (primary N) is 2. The number of imidazole rings is 1. The van der Waals surface area contributed by atoms with Crippen molar-refractivity contribution in [3.05, 3.63) is 71.4 Å². The van der Waals surface area contributed by atoms with E-state index in [0.29, 0.717) is 41.2 Å². The molecular weight excluding hydrogens is 352 g/mol. The van der Waals surface area contributed by atoms with E-state index >= 15 is 0 Å². The van der Waals surface area contributed by atoms with E-state index in [1.54, 1.807) is 16.8 Å². The SMILES string of the molecule is Cc1nc(N)cc(-c2c(N3Cc4ccccc4C=C3N)nc3cccnn23)n1. The highest BCUT2D eigenvalue weighted by Gasteiger charge is 2.26. The average molecular weight is 370 g/mol. The maximum atomic E-state index is 6.41. The minimum absolute atomic E-state index is 0.395. The Hall–Kier alpha value is -3.94. The van der Waals surface area contributed by atoms with Gasteiger partial charge in [0.1, 0.15) is 23.2 Å². The summed E-state index contributed by atoms with van der Waals surface area (Å²) in [6.45, 7) is 2.41. The molecule has 0 atom stereocenters. The molecule has 0 saturated carbocycles. The summed E-state index contributed by atoms with van der Waals surface area (Å²) in [7, 11) is 0. The number of hydrogen-bond donors (Lipinski definition) is 2. The Morgan fingerprint density at radius 1 is 1.00 bits per heavy atom. The highest BCUT2D eigenvalue weighted by Crippen LogP contribution is 2.35. The molecule has 0 aliphatic carbocycles. The number of benzene rings is 1. The van der Waals surface area contributed by atoms with Crippen molar-refractivity contribution in [2.45, 2.75) is 13.5 Å². The van der Waals surface area contributed by atoms with Crippen LogP contribution < -0.4 is 16.4 Å². The topological polar surface area (TPSA) is 111 Å². The second kappa shape index (κ2) is 6.05. The van der Waals surface area contributed by atoms with Gasteiger partial charge >= 0.3 is 0 Å². The number of nitrogens with zero attached hydrogens (tertiary/aromatic N) is 6. The van der Waals surface area contributed by atoms with Crippen molar-refractivity contribution in [1.82, 2.24) is 24.6 Å². The standard InChI is InChI=1S/C20H18N8/c1-12-24-15(10-16(21)25-12)19-20(26-18-7-4-8-23-28(18)19)27-11-14-6-3-2-5-13(14)9-17(27)22/h2-10H,11,22H2,1H3,(H2,21,24,25). The summed E-state index contributed by atoms with van der Waals surface area (Å²) >= 11 is 0. The number of nitrogen functional groups attached to an aromatic ring is 1. The van der Waals surface area contributed by atoms with Gasteiger partial charge in [0.05, 0.1) is 12.2 Å². The molecule has 0 spiro atoms. The normalized spacial score (nSPS) is 13.5. The third kappa shape index (κ3) is 2.54. The Bertz CT molecular complexity index is 1220. The van der Waals surface area contributed by atoms with E-state index in [9.17, 15) is 0 Å². The van der Waals surface area contributed by atoms with E-state index in [1.807, 2.05) is 42.2 Å². The third-order valence-electron chi connectivity index (χ3n) is 4.73. The third-order valence-corrected chi connectivity index (χ3v) is 4.73. The summed E-state index contributed by atoms with van der Waals surface area (Å²) in [6.07, 6.45) is 3.67. The van der Waals surface area contributed by atoms with Crippen molar-refractivity contribution in [3.8, 4) is 11.4 Å². The van der Waals surface area contributed by atoms with Gasteiger partial charge in [-0.15, -0.1) is 0 Å². The van der Waals surface area contributed by atoms with Crippen LogP contribution in [0.15, 0.2) is 54.5 Å². The molecule has 8 heteroatoms. The highest BCUT2D eigenvalue weighted by atomic mass is 15.3. The van der Waals surface area contributed by atoms with Crippen LogP contribution >= 0.6 is 0 Å². The van der Waals surface area contributed by atoms with Crippen molar-refractivity contribution in [1.29, 1.82) is 0 Å². The minimum Gasteiger partial charge on any atom is -0.385 e. The molecule has 1 aliphatic heterocycles. The lowest BCUT2D eigenvalue weighted by atomic mass is 10.0. The van der Waals surface area contributed by atoms with E-state index in [2.05, 4.69) is 27.2 Å². The Kier molecular flexibility index (Phi) is 3.51. The maximum Gasteiger partial charge on any atom is 0.165 e. The molecule has 0 fully saturated rings. The second-order valence-electron chi connectivity index (χ2n) is 6.66. The van der Waals surface area contributed by atoms with Crippen molar-refractivity contribution in [2.75, 3.05) is 10.6 Å². The van der Waals surface area contributed by atoms with Gasteiger partial charge in [-0.1, -0.05) is 24.3 Å². The quantitative estimate of drug-likeness (QED) is 0.557. The zero-order valence-electron chi connectivity index (χ0n) is 15.2. The molecule has 28 heavy (non-hydrogen) atoms. The summed E-state index contributed by atoms with van der Waals surface area (Å²) in [5.74, 6) is 2.27. The first-order valence-electron chi connectivity index (χ1n) is 8.88. The predicted octanol–water partition coefficient (Wildman–Crippen LogP) is 2.35. The lowest BCUT2D eigenvalue weighted by molar-refractivity contribution is 0.870. The van der Waals surface area contributed by atoms with Gasteiger partial charge in [-0.05, 0) is 36.3 Å². The molecule has 5 rings (SSSR count). The van der Waals surface area contributed by atoms with Crippen molar-refractivity contribution in [3.63, 3.8) is 0 Å². The van der Waals surface area contributed by atoms with Crippen molar-refractivity contribution < 1.29 is 0 Å². The van der Waals surface area contributed by atoms with Crippen molar-refractivity contribution in [2.24, 2.45) is 5.73 Å². The monoisotopic (exact) mass is 370 g/mol. The minimum atomic E-state index is 0.395. The molecule has 0 unspecified atom stereocenters. The lowest BCUT2D eigenvalue weighted by Crippen LogP contribution is -2.30. The van der Waals surface area contributed by atoms with Crippen LogP contribution in [-0.4, -0.2) is 24.6 Å². The van der Waals surface area contributed by atoms with E-state index in [1.165, 1.54) is 5.56 Å². The molecule has 4 heterocycles. The summed E-state index contributed by atoms with van der Waals surface area (Å²) in [5.41, 5.74) is 16.8. The molecular formula is C20H18N8. The van der Waals surface area contributed by atoms with Crippen LogP contribution in [0.2, 0.25) is 0 Å². The van der Waals surface area contributed by atoms with Crippen LogP contribution in [0.5, 0.6) is 0 Å². The number of anilines is 2. The maximum absolute atomic E-state index is 6.41. The first-order chi connectivity index (χ1) is 13.6. The molecule has 138 valence electrons. The first-order valence-corrected chi connectivity index (χ1v) is 8.88. The predicted molar refractivity (Wildman–Crippen MR) is 108 cm³/mol. The Morgan fingerprint density at radius 3 is 2.71 bits per heavy atom. The van der Waals surface area contributed by atoms with Gasteiger partial charge in [-0.3, -0.25) is 0 Å². The molecule has 0 bridgehead atoms. The molecule has 3 aromatic heterocycles. The Labute approximate surface area is 161 Å². The number of fused-ring (bicyclic) bond motifs is 2. The molecule has 1 aliphatic rings. The van der Waals surface area contributed by atoms with Crippen molar-refractivity contribution >= 4 is 23.4 Å². The van der Waals surface area contributed by atoms with Gasteiger partial charge in [0.2, 0.25) is 0 Å². The Morgan fingerprint density at radius 2 is 1.86 bits per heavy atom. The number of aromatic nitrogens is 5. The van der Waals surface area contributed by atoms with E-state index in [4.69, 9.17) is 16.5 Å². The molecule has 4 N–H and O–H groups in total. The fourth-order valence-corrected chi connectivity index (χ4v) is 3.52. The molecule has 0 saturated heterocycles. The molecule has 0 amide bonds. The zero-order valence-corrected chi connectivity index (χ0v) is 15.2. The lowest BCUT2D eigenvalue weighted by Gasteiger charge is -2.28. The highest BCUT2D eigenvalue weighted by molar-refractivity contribution is 5.79. The van der Waals surface area contributed by atoms with Gasteiger partial charge in [0.25, 0.3) is 0 Å². The van der Waals surface area contributed by atoms with Crippen LogP contribution in [0.25, 0.3) is 23.1 Å². The van der Waals surface area contributed by atoms with Gasteiger partial charge in [-0.2, -0.15) is 5.10 Å². The van der Waals surface area contributed by atoms with Crippen LogP contribution in [0, 0.1) is 6.92 Å². The Balaban J connectivity index is 1.75. The zero-order chi connectivity index (χ0) is 19.3. The summed E-state index contributed by atoms with van der Waals surface area (Å²) in [5, 5.41) is 4.47. The van der Waals surface area contributed by atoms with E-state index in [0.717, 1.165) is 11.3 Å². The number of rotatable bonds is 2. The number of aryl methyl sites for hydroxylation is 1. The van der Waals surface area contributed by atoms with Crippen LogP contribution in [0.1, 0.15) is 17.0 Å².